The predicted octanol–water partition coefficient (Wildman–Crippen LogP) is 1.85. The van der Waals surface area contributed by atoms with Gasteiger partial charge in [-0.25, -0.2) is 9.97 Å². The van der Waals surface area contributed by atoms with E-state index in [-0.39, 0.29) is 5.38 Å². The number of nitrogens with one attached hydrogen (secondary N) is 1. The molecule has 0 bridgehead atoms. The molecule has 0 saturated carbocycles. The summed E-state index contributed by atoms with van der Waals surface area (Å²) in [4.78, 5) is 8.21. The fourth-order valence-corrected chi connectivity index (χ4v) is 1.54. The predicted molar refractivity (Wildman–Crippen MR) is 67.9 cm³/mol. The molecule has 1 rings (SSSR count). The Hall–Kier alpha value is -1.07. The highest BCUT2D eigenvalue weighted by molar-refractivity contribution is 6.21. The minimum Gasteiger partial charge on any atom is -0.478 e. The van der Waals surface area contributed by atoms with Crippen molar-refractivity contribution < 1.29 is 9.47 Å². The van der Waals surface area contributed by atoms with E-state index in [0.717, 1.165) is 11.4 Å². The van der Waals surface area contributed by atoms with Gasteiger partial charge in [0.25, 0.3) is 0 Å². The first-order valence-corrected chi connectivity index (χ1v) is 5.94. The van der Waals surface area contributed by atoms with Gasteiger partial charge in [-0.2, -0.15) is 0 Å². The van der Waals surface area contributed by atoms with Crippen LogP contribution < -0.4 is 10.1 Å². The van der Waals surface area contributed by atoms with Crippen molar-refractivity contribution in [2.75, 3.05) is 32.2 Å². The molecule has 0 spiro atoms. The molecule has 96 valence electrons. The van der Waals surface area contributed by atoms with E-state index in [1.165, 1.54) is 6.33 Å². The van der Waals surface area contributed by atoms with Crippen molar-refractivity contribution in [3.05, 3.63) is 11.9 Å². The summed E-state index contributed by atoms with van der Waals surface area (Å²) in [6.07, 6.45) is 1.47. The Balaban J connectivity index is 2.61. The first-order valence-electron chi connectivity index (χ1n) is 5.50. The fourth-order valence-electron chi connectivity index (χ4n) is 1.34. The molecule has 1 heterocycles. The lowest BCUT2D eigenvalue weighted by Crippen LogP contribution is -2.20. The van der Waals surface area contributed by atoms with Crippen molar-refractivity contribution in [3.63, 3.8) is 0 Å². The van der Waals surface area contributed by atoms with Gasteiger partial charge in [0.05, 0.1) is 24.2 Å². The number of nitrogens with zero attached hydrogens (tertiary/aromatic N) is 2. The van der Waals surface area contributed by atoms with Gasteiger partial charge < -0.3 is 14.8 Å². The minimum absolute atomic E-state index is 0.0927. The molecular formula is C11H18ClN3O2. The maximum Gasteiger partial charge on any atom is 0.221 e. The Morgan fingerprint density at radius 2 is 2.24 bits per heavy atom. The van der Waals surface area contributed by atoms with Gasteiger partial charge in [0.1, 0.15) is 12.1 Å². The lowest BCUT2D eigenvalue weighted by atomic mass is 10.3. The molecule has 17 heavy (non-hydrogen) atoms. The molecule has 5 nitrogen and oxygen atoms in total. The molecule has 0 radical (unpaired) electrons. The maximum absolute atomic E-state index is 6.02. The average molecular weight is 260 g/mol. The summed E-state index contributed by atoms with van der Waals surface area (Å²) in [6, 6.07) is 0. The van der Waals surface area contributed by atoms with Gasteiger partial charge in [-0.3, -0.25) is 0 Å². The first kappa shape index (κ1) is 14.0. The van der Waals surface area contributed by atoms with Gasteiger partial charge in [-0.1, -0.05) is 0 Å². The van der Waals surface area contributed by atoms with Crippen LogP contribution in [0.25, 0.3) is 0 Å². The molecule has 0 aliphatic heterocycles. The molecule has 0 aliphatic rings. The molecule has 6 heteroatoms. The standard InChI is InChI=1S/C11H18ClN3O2/c1-4-17-11-8(2)10(14-7-15-11)13-5-9(12)6-16-3/h7,9H,4-6H2,1-3H3,(H,13,14,15). The molecule has 0 aromatic carbocycles. The van der Waals surface area contributed by atoms with Crippen LogP contribution in [0.15, 0.2) is 6.33 Å². The second-order valence-corrected chi connectivity index (χ2v) is 4.14. The van der Waals surface area contributed by atoms with Crippen molar-refractivity contribution in [2.24, 2.45) is 0 Å². The average Bonchev–Trinajstić information content (AvgIpc) is 2.31. The Morgan fingerprint density at radius 1 is 1.47 bits per heavy atom. The smallest absolute Gasteiger partial charge is 0.221 e. The summed E-state index contributed by atoms with van der Waals surface area (Å²) < 4.78 is 10.3. The largest absolute Gasteiger partial charge is 0.478 e. The van der Waals surface area contributed by atoms with E-state index < -0.39 is 0 Å². The SMILES string of the molecule is CCOc1ncnc(NCC(Cl)COC)c1C. The zero-order valence-electron chi connectivity index (χ0n) is 10.4. The van der Waals surface area contributed by atoms with Gasteiger partial charge in [-0.15, -0.1) is 11.6 Å². The Bertz CT molecular complexity index is 349. The molecule has 1 N–H and O–H groups in total. The highest BCUT2D eigenvalue weighted by Crippen LogP contribution is 2.20. The van der Waals surface area contributed by atoms with Gasteiger partial charge in [-0.05, 0) is 13.8 Å². The Morgan fingerprint density at radius 3 is 2.88 bits per heavy atom. The van der Waals surface area contributed by atoms with E-state index in [0.29, 0.717) is 25.6 Å². The summed E-state index contributed by atoms with van der Waals surface area (Å²) in [7, 11) is 1.62. The molecule has 0 aliphatic carbocycles. The van der Waals surface area contributed by atoms with Gasteiger partial charge in [0.15, 0.2) is 0 Å². The molecular weight excluding hydrogens is 242 g/mol. The van der Waals surface area contributed by atoms with E-state index in [1.54, 1.807) is 7.11 Å². The molecule has 1 atom stereocenters. The number of methoxy groups -OCH3 is 1. The summed E-state index contributed by atoms with van der Waals surface area (Å²) in [5.74, 6) is 1.34. The first-order chi connectivity index (χ1) is 8.19. The van der Waals surface area contributed by atoms with Crippen molar-refractivity contribution in [1.29, 1.82) is 0 Å². The summed E-state index contributed by atoms with van der Waals surface area (Å²) in [6.45, 7) is 5.49. The zero-order valence-corrected chi connectivity index (χ0v) is 11.1. The van der Waals surface area contributed by atoms with E-state index in [4.69, 9.17) is 21.1 Å². The number of hydrogen-bond donors (Lipinski definition) is 1. The fraction of sp³-hybridized carbons (Fsp3) is 0.636. The summed E-state index contributed by atoms with van der Waals surface area (Å²) in [5, 5.41) is 3.06. The van der Waals surface area contributed by atoms with Crippen LogP contribution in [-0.4, -0.2) is 42.2 Å². The second-order valence-electron chi connectivity index (χ2n) is 3.52. The maximum atomic E-state index is 6.02. The van der Waals surface area contributed by atoms with E-state index in [9.17, 15) is 0 Å². The van der Waals surface area contributed by atoms with Crippen molar-refractivity contribution in [2.45, 2.75) is 19.2 Å². The third-order valence-corrected chi connectivity index (χ3v) is 2.44. The lowest BCUT2D eigenvalue weighted by molar-refractivity contribution is 0.200. The molecule has 0 amide bonds. The van der Waals surface area contributed by atoms with Crippen LogP contribution in [-0.2, 0) is 4.74 Å². The van der Waals surface area contributed by atoms with Gasteiger partial charge >= 0.3 is 0 Å². The van der Waals surface area contributed by atoms with Crippen LogP contribution in [0.1, 0.15) is 12.5 Å². The van der Waals surface area contributed by atoms with Crippen LogP contribution in [0.4, 0.5) is 5.82 Å². The highest BCUT2D eigenvalue weighted by Gasteiger charge is 2.09. The molecule has 1 aromatic rings. The normalized spacial score (nSPS) is 12.2. The monoisotopic (exact) mass is 259 g/mol. The van der Waals surface area contributed by atoms with Gasteiger partial charge in [0, 0.05) is 13.7 Å². The number of aromatic nitrogens is 2. The third-order valence-electron chi connectivity index (χ3n) is 2.16. The van der Waals surface area contributed by atoms with Crippen LogP contribution in [0.2, 0.25) is 0 Å². The number of ether oxygens (including phenoxy) is 2. The van der Waals surface area contributed by atoms with Crippen LogP contribution >= 0.6 is 11.6 Å². The van der Waals surface area contributed by atoms with E-state index in [2.05, 4.69) is 15.3 Å². The molecule has 0 saturated heterocycles. The number of halogens is 1. The number of alkyl halides is 1. The quantitative estimate of drug-likeness (QED) is 0.758. The van der Waals surface area contributed by atoms with Crippen molar-refractivity contribution in [1.82, 2.24) is 9.97 Å². The molecule has 1 aromatic heterocycles. The minimum atomic E-state index is -0.0927. The molecule has 1 unspecified atom stereocenters. The van der Waals surface area contributed by atoms with Crippen molar-refractivity contribution in [3.8, 4) is 5.88 Å². The van der Waals surface area contributed by atoms with E-state index >= 15 is 0 Å². The zero-order chi connectivity index (χ0) is 12.7. The number of anilines is 1. The highest BCUT2D eigenvalue weighted by atomic mass is 35.5. The third kappa shape index (κ3) is 4.36. The van der Waals surface area contributed by atoms with Crippen LogP contribution in [0.5, 0.6) is 5.88 Å². The van der Waals surface area contributed by atoms with Crippen LogP contribution in [0.3, 0.4) is 0 Å². The van der Waals surface area contributed by atoms with E-state index in [1.807, 2.05) is 13.8 Å². The molecule has 0 fully saturated rings. The number of rotatable bonds is 7. The topological polar surface area (TPSA) is 56.3 Å². The Kier molecular flexibility index (Phi) is 6.00. The Labute approximate surface area is 107 Å². The van der Waals surface area contributed by atoms with Crippen molar-refractivity contribution >= 4 is 17.4 Å². The van der Waals surface area contributed by atoms with Gasteiger partial charge in [0.2, 0.25) is 5.88 Å². The summed E-state index contributed by atoms with van der Waals surface area (Å²) in [5.41, 5.74) is 0.885. The lowest BCUT2D eigenvalue weighted by Gasteiger charge is -2.13. The van der Waals surface area contributed by atoms with Crippen LogP contribution in [0, 0.1) is 6.92 Å². The second kappa shape index (κ2) is 7.29. The summed E-state index contributed by atoms with van der Waals surface area (Å²) >= 11 is 6.02. The number of hydrogen-bond acceptors (Lipinski definition) is 5.